The molecular formula is C22H18F2N8O. The van der Waals surface area contributed by atoms with E-state index < -0.39 is 11.6 Å². The summed E-state index contributed by atoms with van der Waals surface area (Å²) >= 11 is 0. The third-order valence-electron chi connectivity index (χ3n) is 5.71. The summed E-state index contributed by atoms with van der Waals surface area (Å²) in [6.07, 6.45) is 4.65. The third-order valence-corrected chi connectivity index (χ3v) is 5.71. The van der Waals surface area contributed by atoms with Gasteiger partial charge in [-0.25, -0.2) is 28.4 Å². The van der Waals surface area contributed by atoms with Crippen molar-refractivity contribution in [3.8, 4) is 11.8 Å². The molecule has 1 aliphatic rings. The van der Waals surface area contributed by atoms with Crippen LogP contribution in [0.3, 0.4) is 0 Å². The fourth-order valence-electron chi connectivity index (χ4n) is 4.07. The average molecular weight is 448 g/mol. The van der Waals surface area contributed by atoms with Crippen LogP contribution in [0.5, 0.6) is 0 Å². The fourth-order valence-corrected chi connectivity index (χ4v) is 4.07. The summed E-state index contributed by atoms with van der Waals surface area (Å²) in [6, 6.07) is 1.23. The molecule has 33 heavy (non-hydrogen) atoms. The molecule has 0 unspecified atom stereocenters. The quantitative estimate of drug-likeness (QED) is 0.371. The summed E-state index contributed by atoms with van der Waals surface area (Å²) in [5, 5.41) is 4.96. The predicted molar refractivity (Wildman–Crippen MR) is 117 cm³/mol. The minimum Gasteiger partial charge on any atom is -0.383 e. The maximum atomic E-state index is 14.6. The van der Waals surface area contributed by atoms with Gasteiger partial charge in [-0.15, -0.1) is 0 Å². The Morgan fingerprint density at radius 2 is 2.09 bits per heavy atom. The number of fused-ring (bicyclic) bond motifs is 2. The second-order valence-corrected chi connectivity index (χ2v) is 7.71. The Bertz CT molecular complexity index is 1510. The van der Waals surface area contributed by atoms with Crippen LogP contribution in [0.15, 0.2) is 31.4 Å². The van der Waals surface area contributed by atoms with Gasteiger partial charge in [0.15, 0.2) is 17.3 Å². The smallest absolute Gasteiger partial charge is 0.246 e. The van der Waals surface area contributed by atoms with Gasteiger partial charge in [-0.2, -0.15) is 5.10 Å². The van der Waals surface area contributed by atoms with Crippen LogP contribution in [0, 0.1) is 23.5 Å². The van der Waals surface area contributed by atoms with E-state index in [1.54, 1.807) is 16.6 Å². The molecule has 5 rings (SSSR count). The van der Waals surface area contributed by atoms with E-state index in [0.717, 1.165) is 0 Å². The number of amides is 1. The number of nitrogen functional groups attached to an aromatic ring is 1. The molecule has 1 atom stereocenters. The van der Waals surface area contributed by atoms with E-state index in [1.165, 1.54) is 29.4 Å². The van der Waals surface area contributed by atoms with E-state index in [-0.39, 0.29) is 40.1 Å². The summed E-state index contributed by atoms with van der Waals surface area (Å²) < 4.78 is 32.2. The first kappa shape index (κ1) is 20.6. The Morgan fingerprint density at radius 1 is 1.27 bits per heavy atom. The lowest BCUT2D eigenvalue weighted by atomic mass is 10.1. The van der Waals surface area contributed by atoms with Gasteiger partial charge in [0, 0.05) is 20.1 Å². The minimum absolute atomic E-state index is 0.0604. The highest BCUT2D eigenvalue weighted by Gasteiger charge is 2.29. The predicted octanol–water partition coefficient (Wildman–Crippen LogP) is 1.93. The maximum Gasteiger partial charge on any atom is 0.246 e. The van der Waals surface area contributed by atoms with Gasteiger partial charge in [-0.3, -0.25) is 4.79 Å². The first-order valence-electron chi connectivity index (χ1n) is 10.1. The number of imidazole rings is 1. The number of likely N-dealkylation sites (tertiary alicyclic amines) is 1. The molecule has 0 aliphatic carbocycles. The molecule has 3 aromatic heterocycles. The van der Waals surface area contributed by atoms with Crippen molar-refractivity contribution in [2.24, 2.45) is 7.05 Å². The molecular weight excluding hydrogens is 430 g/mol. The number of hydrogen-bond donors (Lipinski definition) is 1. The highest BCUT2D eigenvalue weighted by atomic mass is 19.2. The van der Waals surface area contributed by atoms with Crippen molar-refractivity contribution in [2.75, 3.05) is 18.8 Å². The number of aryl methyl sites for hydroxylation is 1. The molecule has 1 amide bonds. The van der Waals surface area contributed by atoms with Crippen LogP contribution in [0.1, 0.15) is 23.7 Å². The van der Waals surface area contributed by atoms with Crippen molar-refractivity contribution >= 4 is 33.8 Å². The van der Waals surface area contributed by atoms with Gasteiger partial charge in [0.25, 0.3) is 0 Å². The number of nitrogens with two attached hydrogens (primary N) is 1. The molecule has 1 aliphatic heterocycles. The number of anilines is 1. The molecule has 0 spiro atoms. The molecule has 1 aromatic carbocycles. The highest BCUT2D eigenvalue weighted by molar-refractivity contribution is 5.91. The molecule has 9 nitrogen and oxygen atoms in total. The number of aromatic nitrogens is 6. The van der Waals surface area contributed by atoms with Crippen LogP contribution in [0.4, 0.5) is 14.6 Å². The highest BCUT2D eigenvalue weighted by Crippen LogP contribution is 2.29. The topological polar surface area (TPSA) is 108 Å². The van der Waals surface area contributed by atoms with Gasteiger partial charge in [-0.05, 0) is 24.5 Å². The van der Waals surface area contributed by atoms with Gasteiger partial charge in [-0.1, -0.05) is 12.5 Å². The van der Waals surface area contributed by atoms with Crippen LogP contribution >= 0.6 is 0 Å². The Morgan fingerprint density at radius 3 is 2.88 bits per heavy atom. The van der Waals surface area contributed by atoms with E-state index in [1.807, 2.05) is 0 Å². The third kappa shape index (κ3) is 3.27. The number of benzene rings is 1. The van der Waals surface area contributed by atoms with Gasteiger partial charge < -0.3 is 15.2 Å². The Hall–Kier alpha value is -4.33. The minimum atomic E-state index is -1.07. The van der Waals surface area contributed by atoms with Crippen molar-refractivity contribution < 1.29 is 13.6 Å². The van der Waals surface area contributed by atoms with Crippen LogP contribution in [0.25, 0.3) is 22.1 Å². The number of carbonyl (C=O) groups excluding carboxylic acids is 1. The lowest BCUT2D eigenvalue weighted by molar-refractivity contribution is -0.125. The molecule has 4 aromatic rings. The summed E-state index contributed by atoms with van der Waals surface area (Å²) in [6.45, 7) is 4.50. The zero-order chi connectivity index (χ0) is 23.3. The molecule has 2 N–H and O–H groups in total. The van der Waals surface area contributed by atoms with E-state index in [0.29, 0.717) is 30.5 Å². The molecule has 166 valence electrons. The van der Waals surface area contributed by atoms with Crippen LogP contribution < -0.4 is 5.73 Å². The van der Waals surface area contributed by atoms with Crippen molar-refractivity contribution in [3.05, 3.63) is 54.3 Å². The summed E-state index contributed by atoms with van der Waals surface area (Å²) in [5.74, 6) is 3.36. The molecule has 1 saturated heterocycles. The van der Waals surface area contributed by atoms with E-state index in [4.69, 9.17) is 5.73 Å². The summed E-state index contributed by atoms with van der Waals surface area (Å²) in [7, 11) is 1.58. The standard InChI is InChI=1S/C22H18F2N8O/c1-3-16(33)31-7-6-13(9-31)32-22-17(21(25)26-10-27-22)14(29-32)5-4-12-8-15-20(19(24)18(12)23)30(2)11-28-15/h3,8,10-11,13H,1,6-7,9H2,2H3,(H2,25,26,27)/t13-/m0/s1. The van der Waals surface area contributed by atoms with Gasteiger partial charge >= 0.3 is 0 Å². The monoisotopic (exact) mass is 448 g/mol. The molecule has 0 radical (unpaired) electrons. The number of hydrogen-bond acceptors (Lipinski definition) is 6. The van der Waals surface area contributed by atoms with Crippen LogP contribution in [-0.2, 0) is 11.8 Å². The van der Waals surface area contributed by atoms with Crippen molar-refractivity contribution in [3.63, 3.8) is 0 Å². The van der Waals surface area contributed by atoms with Crippen molar-refractivity contribution in [1.82, 2.24) is 34.2 Å². The van der Waals surface area contributed by atoms with Crippen LogP contribution in [0.2, 0.25) is 0 Å². The number of carbonyl (C=O) groups is 1. The molecule has 1 fully saturated rings. The Balaban J connectivity index is 1.59. The second kappa shape index (κ2) is 7.67. The molecule has 0 bridgehead atoms. The van der Waals surface area contributed by atoms with Gasteiger partial charge in [0.2, 0.25) is 5.91 Å². The van der Waals surface area contributed by atoms with E-state index in [2.05, 4.69) is 38.5 Å². The average Bonchev–Trinajstić information content (AvgIpc) is 3.52. The first-order valence-corrected chi connectivity index (χ1v) is 10.1. The molecule has 11 heteroatoms. The number of halogens is 2. The second-order valence-electron chi connectivity index (χ2n) is 7.71. The largest absolute Gasteiger partial charge is 0.383 e. The summed E-state index contributed by atoms with van der Waals surface area (Å²) in [5.41, 5.74) is 6.96. The first-order chi connectivity index (χ1) is 15.9. The van der Waals surface area contributed by atoms with Crippen LogP contribution in [-0.4, -0.2) is 53.2 Å². The molecule has 4 heterocycles. The van der Waals surface area contributed by atoms with E-state index in [9.17, 15) is 13.6 Å². The summed E-state index contributed by atoms with van der Waals surface area (Å²) in [4.78, 5) is 26.0. The number of nitrogens with zero attached hydrogens (tertiary/aromatic N) is 7. The lowest BCUT2D eigenvalue weighted by Crippen LogP contribution is -2.27. The lowest BCUT2D eigenvalue weighted by Gasteiger charge is -2.14. The fraction of sp³-hybridized carbons (Fsp3) is 0.227. The van der Waals surface area contributed by atoms with Gasteiger partial charge in [0.1, 0.15) is 23.4 Å². The maximum absolute atomic E-state index is 14.6. The van der Waals surface area contributed by atoms with E-state index >= 15 is 0 Å². The van der Waals surface area contributed by atoms with Gasteiger partial charge in [0.05, 0.1) is 28.8 Å². The zero-order valence-corrected chi connectivity index (χ0v) is 17.6. The zero-order valence-electron chi connectivity index (χ0n) is 17.6. The normalized spacial score (nSPS) is 15.7. The Kier molecular flexibility index (Phi) is 4.78. The van der Waals surface area contributed by atoms with Crippen molar-refractivity contribution in [2.45, 2.75) is 12.5 Å². The Labute approximate surface area is 186 Å². The van der Waals surface area contributed by atoms with Crippen molar-refractivity contribution in [1.29, 1.82) is 0 Å². The SMILES string of the molecule is C=CC(=O)N1CC[C@H](n2nc(C#Cc3cc4ncn(C)c4c(F)c3F)c3c(N)ncnc32)C1. The molecule has 0 saturated carbocycles. The number of rotatable bonds is 2.